The fraction of sp³-hybridized carbons (Fsp3) is 0.958. The molecule has 0 N–H and O–H groups in total. The van der Waals surface area contributed by atoms with Gasteiger partial charge in [0.1, 0.15) is 0 Å². The Morgan fingerprint density at radius 1 is 0.577 bits per heavy atom. The molecule has 2 heteroatoms. The molecule has 0 aromatic carbocycles. The van der Waals surface area contributed by atoms with Crippen molar-refractivity contribution in [2.24, 2.45) is 5.92 Å². The molecule has 0 rings (SSSR count). The summed E-state index contributed by atoms with van der Waals surface area (Å²) < 4.78 is 5.31. The molecule has 0 amide bonds. The van der Waals surface area contributed by atoms with Crippen LogP contribution in [0.25, 0.3) is 0 Å². The van der Waals surface area contributed by atoms with E-state index in [4.69, 9.17) is 4.74 Å². The maximum atomic E-state index is 12.2. The van der Waals surface area contributed by atoms with E-state index in [1.807, 2.05) is 6.92 Å². The molecule has 1 unspecified atom stereocenters. The second kappa shape index (κ2) is 20.8. The summed E-state index contributed by atoms with van der Waals surface area (Å²) in [5.74, 6) is 0.202. The SMILES string of the molecule is CCCCCCCCCCCC(CCCCCCCCC)C(=O)OCC. The number of ether oxygens (including phenoxy) is 1. The number of hydrogen-bond acceptors (Lipinski definition) is 2. The fourth-order valence-electron chi connectivity index (χ4n) is 3.69. The first-order chi connectivity index (χ1) is 12.8. The highest BCUT2D eigenvalue weighted by molar-refractivity contribution is 5.72. The summed E-state index contributed by atoms with van der Waals surface area (Å²) >= 11 is 0. The van der Waals surface area contributed by atoms with Crippen LogP contribution in [0.5, 0.6) is 0 Å². The number of esters is 1. The predicted octanol–water partition coefficient (Wildman–Crippen LogP) is 8.23. The van der Waals surface area contributed by atoms with Crippen LogP contribution in [0.1, 0.15) is 136 Å². The Hall–Kier alpha value is -0.530. The Morgan fingerprint density at radius 2 is 0.923 bits per heavy atom. The van der Waals surface area contributed by atoms with E-state index in [1.54, 1.807) is 0 Å². The minimum absolute atomic E-state index is 0.0537. The highest BCUT2D eigenvalue weighted by atomic mass is 16.5. The Labute approximate surface area is 164 Å². The first kappa shape index (κ1) is 25.5. The van der Waals surface area contributed by atoms with Crippen molar-refractivity contribution in [3.63, 3.8) is 0 Å². The van der Waals surface area contributed by atoms with E-state index in [2.05, 4.69) is 13.8 Å². The van der Waals surface area contributed by atoms with Gasteiger partial charge in [-0.15, -0.1) is 0 Å². The van der Waals surface area contributed by atoms with Gasteiger partial charge in [0.2, 0.25) is 0 Å². The van der Waals surface area contributed by atoms with E-state index in [0.717, 1.165) is 12.8 Å². The Bertz CT molecular complexity index is 288. The van der Waals surface area contributed by atoms with Gasteiger partial charge in [0.15, 0.2) is 0 Å². The summed E-state index contributed by atoms with van der Waals surface area (Å²) in [5, 5.41) is 0. The van der Waals surface area contributed by atoms with Gasteiger partial charge in [0.25, 0.3) is 0 Å². The van der Waals surface area contributed by atoms with E-state index < -0.39 is 0 Å². The van der Waals surface area contributed by atoms with E-state index in [-0.39, 0.29) is 11.9 Å². The van der Waals surface area contributed by atoms with Gasteiger partial charge < -0.3 is 4.74 Å². The number of carbonyl (C=O) groups is 1. The van der Waals surface area contributed by atoms with Gasteiger partial charge in [-0.05, 0) is 19.8 Å². The summed E-state index contributed by atoms with van der Waals surface area (Å²) in [5.41, 5.74) is 0. The highest BCUT2D eigenvalue weighted by Gasteiger charge is 2.18. The van der Waals surface area contributed by atoms with Crippen molar-refractivity contribution in [1.82, 2.24) is 0 Å². The van der Waals surface area contributed by atoms with Gasteiger partial charge in [-0.2, -0.15) is 0 Å². The topological polar surface area (TPSA) is 26.3 Å². The van der Waals surface area contributed by atoms with Crippen LogP contribution in [-0.4, -0.2) is 12.6 Å². The highest BCUT2D eigenvalue weighted by Crippen LogP contribution is 2.21. The van der Waals surface area contributed by atoms with Crippen molar-refractivity contribution in [1.29, 1.82) is 0 Å². The van der Waals surface area contributed by atoms with Crippen LogP contribution < -0.4 is 0 Å². The quantitative estimate of drug-likeness (QED) is 0.160. The zero-order valence-corrected chi connectivity index (χ0v) is 18.3. The molecule has 0 aromatic heterocycles. The van der Waals surface area contributed by atoms with Crippen LogP contribution >= 0.6 is 0 Å². The molecule has 0 aromatic rings. The van der Waals surface area contributed by atoms with Crippen molar-refractivity contribution in [2.45, 2.75) is 136 Å². The lowest BCUT2D eigenvalue weighted by Gasteiger charge is -2.15. The van der Waals surface area contributed by atoms with Crippen molar-refractivity contribution < 1.29 is 9.53 Å². The van der Waals surface area contributed by atoms with Crippen LogP contribution in [0, 0.1) is 5.92 Å². The molecule has 0 spiro atoms. The van der Waals surface area contributed by atoms with Crippen molar-refractivity contribution in [3.8, 4) is 0 Å². The molecule has 0 aliphatic carbocycles. The first-order valence-electron chi connectivity index (χ1n) is 11.9. The number of hydrogen-bond donors (Lipinski definition) is 0. The summed E-state index contributed by atoms with van der Waals surface area (Å²) in [4.78, 5) is 12.2. The Kier molecular flexibility index (Phi) is 20.4. The molecule has 0 heterocycles. The zero-order valence-electron chi connectivity index (χ0n) is 18.3. The van der Waals surface area contributed by atoms with Gasteiger partial charge in [-0.1, -0.05) is 117 Å². The molecule has 0 aliphatic heterocycles. The van der Waals surface area contributed by atoms with Crippen molar-refractivity contribution in [3.05, 3.63) is 0 Å². The van der Waals surface area contributed by atoms with Gasteiger partial charge >= 0.3 is 5.97 Å². The maximum absolute atomic E-state index is 12.2. The maximum Gasteiger partial charge on any atom is 0.308 e. The third-order valence-corrected chi connectivity index (χ3v) is 5.43. The molecule has 2 nitrogen and oxygen atoms in total. The minimum atomic E-state index is 0.0537. The molecule has 0 radical (unpaired) electrons. The Balaban J connectivity index is 3.75. The van der Waals surface area contributed by atoms with Gasteiger partial charge in [-0.25, -0.2) is 0 Å². The average Bonchev–Trinajstić information content (AvgIpc) is 2.64. The van der Waals surface area contributed by atoms with Crippen LogP contribution in [0.4, 0.5) is 0 Å². The summed E-state index contributed by atoms with van der Waals surface area (Å²) in [7, 11) is 0. The molecular weight excluding hydrogens is 320 g/mol. The Morgan fingerprint density at radius 3 is 1.27 bits per heavy atom. The standard InChI is InChI=1S/C24H48O2/c1-4-7-9-11-13-14-16-18-20-22-23(24(25)26-6-3)21-19-17-15-12-10-8-5-2/h23H,4-22H2,1-3H3. The predicted molar refractivity (Wildman–Crippen MR) is 115 cm³/mol. The average molecular weight is 369 g/mol. The summed E-state index contributed by atoms with van der Waals surface area (Å²) in [6, 6.07) is 0. The monoisotopic (exact) mass is 368 g/mol. The smallest absolute Gasteiger partial charge is 0.308 e. The molecule has 0 saturated heterocycles. The number of rotatable bonds is 20. The van der Waals surface area contributed by atoms with Crippen LogP contribution in [0.2, 0.25) is 0 Å². The third kappa shape index (κ3) is 16.9. The number of carbonyl (C=O) groups excluding carboxylic acids is 1. The zero-order chi connectivity index (χ0) is 19.3. The molecule has 0 bridgehead atoms. The lowest BCUT2D eigenvalue weighted by Crippen LogP contribution is -2.18. The molecule has 0 saturated carbocycles. The lowest BCUT2D eigenvalue weighted by atomic mass is 9.94. The van der Waals surface area contributed by atoms with E-state index in [9.17, 15) is 4.79 Å². The molecular formula is C24H48O2. The fourth-order valence-corrected chi connectivity index (χ4v) is 3.69. The first-order valence-corrected chi connectivity index (χ1v) is 11.9. The van der Waals surface area contributed by atoms with Crippen LogP contribution in [0.15, 0.2) is 0 Å². The second-order valence-electron chi connectivity index (χ2n) is 7.98. The van der Waals surface area contributed by atoms with Crippen LogP contribution in [-0.2, 0) is 9.53 Å². The normalized spacial score (nSPS) is 12.3. The van der Waals surface area contributed by atoms with E-state index in [1.165, 1.54) is 103 Å². The summed E-state index contributed by atoms with van der Waals surface area (Å²) in [6.07, 6.45) is 23.3. The molecule has 26 heavy (non-hydrogen) atoms. The molecule has 156 valence electrons. The molecule has 0 aliphatic rings. The lowest BCUT2D eigenvalue weighted by molar-refractivity contribution is -0.148. The molecule has 0 fully saturated rings. The van der Waals surface area contributed by atoms with E-state index >= 15 is 0 Å². The van der Waals surface area contributed by atoms with Crippen molar-refractivity contribution >= 4 is 5.97 Å². The van der Waals surface area contributed by atoms with Gasteiger partial charge in [-0.3, -0.25) is 4.79 Å². The number of unbranched alkanes of at least 4 members (excludes halogenated alkanes) is 14. The van der Waals surface area contributed by atoms with Gasteiger partial charge in [0, 0.05) is 0 Å². The van der Waals surface area contributed by atoms with Crippen LogP contribution in [0.3, 0.4) is 0 Å². The molecule has 1 atom stereocenters. The minimum Gasteiger partial charge on any atom is -0.466 e. The summed E-state index contributed by atoms with van der Waals surface area (Å²) in [6.45, 7) is 6.97. The third-order valence-electron chi connectivity index (χ3n) is 5.43. The van der Waals surface area contributed by atoms with E-state index in [0.29, 0.717) is 6.61 Å². The second-order valence-corrected chi connectivity index (χ2v) is 7.98. The van der Waals surface area contributed by atoms with Crippen molar-refractivity contribution in [2.75, 3.05) is 6.61 Å². The van der Waals surface area contributed by atoms with Gasteiger partial charge in [0.05, 0.1) is 12.5 Å². The largest absolute Gasteiger partial charge is 0.466 e.